The quantitative estimate of drug-likeness (QED) is 0.469. The number of rotatable bonds is 7. The summed E-state index contributed by atoms with van der Waals surface area (Å²) >= 11 is 5.28. The highest BCUT2D eigenvalue weighted by molar-refractivity contribution is 7.92. The molecule has 0 heterocycles. The van der Waals surface area contributed by atoms with Gasteiger partial charge in [0.05, 0.1) is 24.8 Å². The molecule has 30 heavy (non-hydrogen) atoms. The Morgan fingerprint density at radius 1 is 0.833 bits per heavy atom. The molecule has 0 saturated heterocycles. The van der Waals surface area contributed by atoms with Crippen molar-refractivity contribution in [3.8, 4) is 11.5 Å². The van der Waals surface area contributed by atoms with Crippen LogP contribution in [0.25, 0.3) is 0 Å². The van der Waals surface area contributed by atoms with Crippen LogP contribution in [0.5, 0.6) is 11.5 Å². The van der Waals surface area contributed by atoms with E-state index in [0.29, 0.717) is 28.0 Å². The van der Waals surface area contributed by atoms with Gasteiger partial charge in [0.15, 0.2) is 5.11 Å². The van der Waals surface area contributed by atoms with E-state index in [1.165, 1.54) is 26.4 Å². The van der Waals surface area contributed by atoms with Crippen LogP contribution in [0.4, 0.5) is 17.1 Å². The van der Waals surface area contributed by atoms with E-state index < -0.39 is 10.0 Å². The molecule has 3 rings (SSSR count). The lowest BCUT2D eigenvalue weighted by Crippen LogP contribution is -2.19. The number of anilines is 3. The Morgan fingerprint density at radius 2 is 1.47 bits per heavy atom. The summed E-state index contributed by atoms with van der Waals surface area (Å²) in [4.78, 5) is 0.104. The maximum absolute atomic E-state index is 12.7. The summed E-state index contributed by atoms with van der Waals surface area (Å²) in [6.07, 6.45) is 0. The number of nitrogens with one attached hydrogen (secondary N) is 3. The Balaban J connectivity index is 1.69. The van der Waals surface area contributed by atoms with Crippen molar-refractivity contribution >= 4 is 44.4 Å². The molecule has 0 bridgehead atoms. The van der Waals surface area contributed by atoms with Crippen molar-refractivity contribution in [2.75, 3.05) is 29.6 Å². The first-order valence-corrected chi connectivity index (χ1v) is 10.8. The third-order valence-electron chi connectivity index (χ3n) is 4.11. The normalized spacial score (nSPS) is 10.7. The molecule has 9 heteroatoms. The molecule has 3 N–H and O–H groups in total. The van der Waals surface area contributed by atoms with E-state index >= 15 is 0 Å². The lowest BCUT2D eigenvalue weighted by molar-refractivity contribution is 0.395. The maximum atomic E-state index is 12.7. The summed E-state index contributed by atoms with van der Waals surface area (Å²) in [6, 6.07) is 20.6. The second-order valence-corrected chi connectivity index (χ2v) is 8.23. The molecule has 7 nitrogen and oxygen atoms in total. The lowest BCUT2D eigenvalue weighted by Gasteiger charge is -2.14. The minimum absolute atomic E-state index is 0.104. The summed E-state index contributed by atoms with van der Waals surface area (Å²) < 4.78 is 38.4. The van der Waals surface area contributed by atoms with Gasteiger partial charge in [-0.3, -0.25) is 4.72 Å². The molecule has 0 atom stereocenters. The van der Waals surface area contributed by atoms with E-state index in [1.807, 2.05) is 30.3 Å². The highest BCUT2D eigenvalue weighted by Gasteiger charge is 2.17. The monoisotopic (exact) mass is 443 g/mol. The van der Waals surface area contributed by atoms with Gasteiger partial charge in [0.1, 0.15) is 11.5 Å². The largest absolute Gasteiger partial charge is 0.497 e. The summed E-state index contributed by atoms with van der Waals surface area (Å²) in [5, 5.41) is 6.48. The minimum Gasteiger partial charge on any atom is -0.497 e. The van der Waals surface area contributed by atoms with E-state index in [2.05, 4.69) is 15.4 Å². The van der Waals surface area contributed by atoms with E-state index in [9.17, 15) is 8.42 Å². The van der Waals surface area contributed by atoms with Crippen LogP contribution in [-0.2, 0) is 10.0 Å². The van der Waals surface area contributed by atoms with Gasteiger partial charge in [-0.2, -0.15) is 0 Å². The average Bonchev–Trinajstić information content (AvgIpc) is 2.75. The molecule has 0 fully saturated rings. The minimum atomic E-state index is -3.81. The highest BCUT2D eigenvalue weighted by Crippen LogP contribution is 2.31. The Labute approximate surface area is 181 Å². The van der Waals surface area contributed by atoms with Crippen molar-refractivity contribution in [1.29, 1.82) is 0 Å². The first kappa shape index (κ1) is 21.4. The maximum Gasteiger partial charge on any atom is 0.262 e. The predicted molar refractivity (Wildman–Crippen MR) is 123 cm³/mol. The number of methoxy groups -OCH3 is 2. The van der Waals surface area contributed by atoms with Gasteiger partial charge in [0, 0.05) is 17.4 Å². The second kappa shape index (κ2) is 9.47. The van der Waals surface area contributed by atoms with Gasteiger partial charge in [-0.15, -0.1) is 0 Å². The van der Waals surface area contributed by atoms with Crippen LogP contribution < -0.4 is 24.8 Å². The Hall–Kier alpha value is -3.30. The van der Waals surface area contributed by atoms with E-state index in [4.69, 9.17) is 21.7 Å². The second-order valence-electron chi connectivity index (χ2n) is 6.14. The highest BCUT2D eigenvalue weighted by atomic mass is 32.2. The molecule has 3 aromatic carbocycles. The molecule has 0 aromatic heterocycles. The lowest BCUT2D eigenvalue weighted by atomic mass is 10.3. The predicted octanol–water partition coefficient (Wildman–Crippen LogP) is 4.31. The zero-order valence-electron chi connectivity index (χ0n) is 16.4. The number of thiocarbonyl (C=S) groups is 1. The van der Waals surface area contributed by atoms with E-state index in [0.717, 1.165) is 5.69 Å². The Kier molecular flexibility index (Phi) is 6.76. The molecular weight excluding hydrogens is 422 g/mol. The topological polar surface area (TPSA) is 88.7 Å². The number of hydrogen-bond acceptors (Lipinski definition) is 5. The molecule has 0 radical (unpaired) electrons. The van der Waals surface area contributed by atoms with Gasteiger partial charge in [-0.1, -0.05) is 18.2 Å². The van der Waals surface area contributed by atoms with Crippen LogP contribution in [0.15, 0.2) is 77.7 Å². The standard InChI is InChI=1S/C21H21N3O4S2/c1-27-17-10-13-19(20(14-17)28-2)24-30(25,26)18-11-8-16(9-12-18)23-21(29)22-15-6-4-3-5-7-15/h3-14,24H,1-2H3,(H2,22,23,29). The number of hydrogen-bond donors (Lipinski definition) is 3. The van der Waals surface area contributed by atoms with Crippen molar-refractivity contribution in [3.63, 3.8) is 0 Å². The molecule has 0 saturated carbocycles. The zero-order valence-corrected chi connectivity index (χ0v) is 18.0. The Morgan fingerprint density at radius 3 is 2.07 bits per heavy atom. The Bertz CT molecular complexity index is 1120. The van der Waals surface area contributed by atoms with Gasteiger partial charge in [-0.25, -0.2) is 8.42 Å². The van der Waals surface area contributed by atoms with Gasteiger partial charge >= 0.3 is 0 Å². The van der Waals surface area contributed by atoms with Gasteiger partial charge in [0.2, 0.25) is 0 Å². The average molecular weight is 444 g/mol. The molecule has 3 aromatic rings. The summed E-state index contributed by atoms with van der Waals surface area (Å²) in [5.41, 5.74) is 1.82. The molecule has 0 unspecified atom stereocenters. The fourth-order valence-corrected chi connectivity index (χ4v) is 3.92. The summed E-state index contributed by atoms with van der Waals surface area (Å²) in [6.45, 7) is 0. The van der Waals surface area contributed by atoms with Crippen molar-refractivity contribution in [2.24, 2.45) is 0 Å². The van der Waals surface area contributed by atoms with Crippen LogP contribution in [0.3, 0.4) is 0 Å². The number of ether oxygens (including phenoxy) is 2. The fourth-order valence-electron chi connectivity index (χ4n) is 2.62. The third kappa shape index (κ3) is 5.40. The number of sulfonamides is 1. The first-order valence-electron chi connectivity index (χ1n) is 8.89. The molecule has 0 amide bonds. The number of para-hydroxylation sites is 1. The van der Waals surface area contributed by atoms with Crippen molar-refractivity contribution in [3.05, 3.63) is 72.8 Å². The van der Waals surface area contributed by atoms with Gasteiger partial charge < -0.3 is 20.1 Å². The van der Waals surface area contributed by atoms with Crippen LogP contribution in [-0.4, -0.2) is 27.7 Å². The molecule has 0 spiro atoms. The van der Waals surface area contributed by atoms with E-state index in [-0.39, 0.29) is 4.90 Å². The smallest absolute Gasteiger partial charge is 0.262 e. The van der Waals surface area contributed by atoms with Crippen molar-refractivity contribution in [2.45, 2.75) is 4.90 Å². The molecule has 0 aliphatic rings. The summed E-state index contributed by atoms with van der Waals surface area (Å²) in [7, 11) is -0.826. The first-order chi connectivity index (χ1) is 14.4. The van der Waals surface area contributed by atoms with E-state index in [1.54, 1.807) is 30.3 Å². The van der Waals surface area contributed by atoms with Crippen LogP contribution >= 0.6 is 12.2 Å². The van der Waals surface area contributed by atoms with Crippen molar-refractivity contribution < 1.29 is 17.9 Å². The SMILES string of the molecule is COc1ccc(NS(=O)(=O)c2ccc(NC(=S)Nc3ccccc3)cc2)c(OC)c1. The van der Waals surface area contributed by atoms with Gasteiger partial charge in [-0.05, 0) is 60.7 Å². The van der Waals surface area contributed by atoms with Crippen LogP contribution in [0, 0.1) is 0 Å². The third-order valence-corrected chi connectivity index (χ3v) is 5.69. The van der Waals surface area contributed by atoms with Crippen LogP contribution in [0.1, 0.15) is 0 Å². The molecule has 0 aliphatic carbocycles. The summed E-state index contributed by atoms with van der Waals surface area (Å²) in [5.74, 6) is 0.916. The molecule has 156 valence electrons. The zero-order chi connectivity index (χ0) is 21.6. The molecular formula is C21H21N3O4S2. The van der Waals surface area contributed by atoms with Crippen LogP contribution in [0.2, 0.25) is 0 Å². The number of benzene rings is 3. The fraction of sp³-hybridized carbons (Fsp3) is 0.0952. The van der Waals surface area contributed by atoms with Crippen molar-refractivity contribution in [1.82, 2.24) is 0 Å². The molecule has 0 aliphatic heterocycles. The van der Waals surface area contributed by atoms with Gasteiger partial charge in [0.25, 0.3) is 10.0 Å².